The Hall–Kier alpha value is -2.29. The lowest BCUT2D eigenvalue weighted by Gasteiger charge is -2.34. The van der Waals surface area contributed by atoms with Gasteiger partial charge in [0.2, 0.25) is 15.9 Å². The number of benzene rings is 2. The van der Waals surface area contributed by atoms with Crippen LogP contribution in [-0.2, 0) is 21.4 Å². The summed E-state index contributed by atoms with van der Waals surface area (Å²) in [6.45, 7) is 4.26. The molecule has 0 atom stereocenters. The van der Waals surface area contributed by atoms with Crippen LogP contribution >= 0.6 is 0 Å². The second-order valence-corrected chi connectivity index (χ2v) is 9.31. The van der Waals surface area contributed by atoms with Crippen molar-refractivity contribution in [3.8, 4) is 0 Å². The van der Waals surface area contributed by atoms with Crippen molar-refractivity contribution in [1.82, 2.24) is 14.1 Å². The van der Waals surface area contributed by atoms with Crippen LogP contribution in [-0.4, -0.2) is 68.2 Å². The molecule has 2 aromatic rings. The van der Waals surface area contributed by atoms with E-state index in [0.717, 1.165) is 11.1 Å². The molecule has 0 saturated carbocycles. The zero-order valence-electron chi connectivity index (χ0n) is 16.7. The first-order valence-electron chi connectivity index (χ1n) is 9.53. The Kier molecular flexibility index (Phi) is 6.66. The van der Waals surface area contributed by atoms with E-state index in [9.17, 15) is 17.6 Å². The van der Waals surface area contributed by atoms with Crippen LogP contribution in [0.15, 0.2) is 53.4 Å². The topological polar surface area (TPSA) is 60.9 Å². The van der Waals surface area contributed by atoms with Gasteiger partial charge >= 0.3 is 0 Å². The summed E-state index contributed by atoms with van der Waals surface area (Å²) in [7, 11) is -1.80. The van der Waals surface area contributed by atoms with Crippen LogP contribution in [0.25, 0.3) is 0 Å². The van der Waals surface area contributed by atoms with Gasteiger partial charge in [0.05, 0.1) is 11.4 Å². The smallest absolute Gasteiger partial charge is 0.243 e. The summed E-state index contributed by atoms with van der Waals surface area (Å²) in [5.41, 5.74) is 1.87. The van der Waals surface area contributed by atoms with Crippen molar-refractivity contribution in [2.75, 3.05) is 39.8 Å². The predicted octanol–water partition coefficient (Wildman–Crippen LogP) is 2.10. The molecule has 6 nitrogen and oxygen atoms in total. The van der Waals surface area contributed by atoms with Crippen molar-refractivity contribution in [3.05, 3.63) is 65.5 Å². The third-order valence-corrected chi connectivity index (χ3v) is 7.02. The van der Waals surface area contributed by atoms with Crippen LogP contribution in [0.2, 0.25) is 0 Å². The lowest BCUT2D eigenvalue weighted by molar-refractivity contribution is -0.131. The van der Waals surface area contributed by atoms with Gasteiger partial charge in [-0.1, -0.05) is 29.8 Å². The monoisotopic (exact) mass is 419 g/mol. The van der Waals surface area contributed by atoms with Gasteiger partial charge in [0.25, 0.3) is 0 Å². The van der Waals surface area contributed by atoms with Crippen LogP contribution in [0.3, 0.4) is 0 Å². The fourth-order valence-electron chi connectivity index (χ4n) is 3.25. The molecule has 3 rings (SSSR count). The Bertz CT molecular complexity index is 938. The highest BCUT2D eigenvalue weighted by atomic mass is 32.2. The normalized spacial score (nSPS) is 16.0. The number of nitrogens with zero attached hydrogens (tertiary/aromatic N) is 3. The number of carbonyl (C=O) groups is 1. The quantitative estimate of drug-likeness (QED) is 0.720. The summed E-state index contributed by atoms with van der Waals surface area (Å²) in [5, 5.41) is 0. The fourth-order valence-corrected chi connectivity index (χ4v) is 4.67. The van der Waals surface area contributed by atoms with Crippen molar-refractivity contribution >= 4 is 15.9 Å². The average molecular weight is 420 g/mol. The van der Waals surface area contributed by atoms with Gasteiger partial charge in [0, 0.05) is 39.8 Å². The Morgan fingerprint density at radius 1 is 1.00 bits per heavy atom. The van der Waals surface area contributed by atoms with E-state index < -0.39 is 10.0 Å². The first-order valence-corrected chi connectivity index (χ1v) is 11.0. The summed E-state index contributed by atoms with van der Waals surface area (Å²) in [6.07, 6.45) is 0. The van der Waals surface area contributed by atoms with Gasteiger partial charge in [0.1, 0.15) is 5.82 Å². The molecular weight excluding hydrogens is 393 g/mol. The van der Waals surface area contributed by atoms with Gasteiger partial charge in [-0.05, 0) is 36.8 Å². The maximum Gasteiger partial charge on any atom is 0.243 e. The molecule has 0 unspecified atom stereocenters. The van der Waals surface area contributed by atoms with Crippen LogP contribution in [0.4, 0.5) is 4.39 Å². The van der Waals surface area contributed by atoms with Crippen molar-refractivity contribution < 1.29 is 17.6 Å². The molecule has 1 saturated heterocycles. The summed E-state index contributed by atoms with van der Waals surface area (Å²) in [6, 6.07) is 12.9. The Morgan fingerprint density at radius 2 is 1.59 bits per heavy atom. The third-order valence-electron chi connectivity index (χ3n) is 5.11. The Morgan fingerprint density at radius 3 is 2.17 bits per heavy atom. The minimum atomic E-state index is -3.51. The molecule has 0 aliphatic carbocycles. The van der Waals surface area contributed by atoms with Gasteiger partial charge in [-0.15, -0.1) is 0 Å². The fraction of sp³-hybridized carbons (Fsp3) is 0.381. The van der Waals surface area contributed by atoms with Crippen molar-refractivity contribution in [2.24, 2.45) is 0 Å². The molecule has 29 heavy (non-hydrogen) atoms. The van der Waals surface area contributed by atoms with Crippen LogP contribution in [0.1, 0.15) is 11.1 Å². The van der Waals surface area contributed by atoms with E-state index in [-0.39, 0.29) is 18.3 Å². The maximum absolute atomic E-state index is 13.0. The minimum Gasteiger partial charge on any atom is -0.340 e. The molecule has 8 heteroatoms. The second-order valence-electron chi connectivity index (χ2n) is 7.37. The lowest BCUT2D eigenvalue weighted by Crippen LogP contribution is -2.51. The number of aryl methyl sites for hydroxylation is 1. The van der Waals surface area contributed by atoms with Crippen LogP contribution < -0.4 is 0 Å². The number of amides is 1. The molecule has 0 bridgehead atoms. The van der Waals surface area contributed by atoms with Crippen molar-refractivity contribution in [3.63, 3.8) is 0 Å². The van der Waals surface area contributed by atoms with Crippen LogP contribution in [0, 0.1) is 12.7 Å². The maximum atomic E-state index is 13.0. The molecule has 0 aromatic heterocycles. The number of carbonyl (C=O) groups excluding carboxylic acids is 1. The van der Waals surface area contributed by atoms with Gasteiger partial charge in [-0.2, -0.15) is 4.31 Å². The summed E-state index contributed by atoms with van der Waals surface area (Å²) < 4.78 is 40.0. The number of likely N-dealkylation sites (N-methyl/N-ethyl adjacent to an activating group) is 1. The highest BCUT2D eigenvalue weighted by molar-refractivity contribution is 7.89. The van der Waals surface area contributed by atoms with Crippen molar-refractivity contribution in [1.29, 1.82) is 0 Å². The van der Waals surface area contributed by atoms with E-state index in [0.29, 0.717) is 37.6 Å². The summed E-state index contributed by atoms with van der Waals surface area (Å²) in [4.78, 5) is 16.4. The molecule has 1 heterocycles. The standard InChI is InChI=1S/C21H26FN3O3S/c1-17-3-9-20(10-4-17)29(27,28)25-13-11-24(12-14-25)16-21(26)23(2)15-18-5-7-19(22)8-6-18/h3-10H,11-16H2,1-2H3. The number of halogens is 1. The molecule has 0 spiro atoms. The molecule has 1 fully saturated rings. The highest BCUT2D eigenvalue weighted by Gasteiger charge is 2.29. The number of sulfonamides is 1. The molecule has 1 aliphatic rings. The van der Waals surface area contributed by atoms with E-state index in [1.807, 2.05) is 11.8 Å². The number of hydrogen-bond donors (Lipinski definition) is 0. The molecule has 1 aliphatic heterocycles. The van der Waals surface area contributed by atoms with E-state index in [1.165, 1.54) is 16.4 Å². The van der Waals surface area contributed by atoms with Gasteiger partial charge < -0.3 is 4.90 Å². The van der Waals surface area contributed by atoms with E-state index in [1.54, 1.807) is 48.3 Å². The third kappa shape index (κ3) is 5.41. The van der Waals surface area contributed by atoms with E-state index in [2.05, 4.69) is 0 Å². The molecule has 2 aromatic carbocycles. The minimum absolute atomic E-state index is 0.0517. The largest absolute Gasteiger partial charge is 0.340 e. The molecular formula is C21H26FN3O3S. The first kappa shape index (κ1) is 21.4. The van der Waals surface area contributed by atoms with E-state index >= 15 is 0 Å². The van der Waals surface area contributed by atoms with Gasteiger partial charge in [0.15, 0.2) is 0 Å². The highest BCUT2D eigenvalue weighted by Crippen LogP contribution is 2.18. The molecule has 156 valence electrons. The number of piperazine rings is 1. The predicted molar refractivity (Wildman–Crippen MR) is 109 cm³/mol. The Labute approximate surface area is 171 Å². The summed E-state index contributed by atoms with van der Waals surface area (Å²) in [5.74, 6) is -0.356. The molecule has 0 radical (unpaired) electrons. The number of hydrogen-bond acceptors (Lipinski definition) is 4. The zero-order valence-corrected chi connectivity index (χ0v) is 17.5. The first-order chi connectivity index (χ1) is 13.8. The number of rotatable bonds is 6. The average Bonchev–Trinajstić information content (AvgIpc) is 2.70. The SMILES string of the molecule is Cc1ccc(S(=O)(=O)N2CCN(CC(=O)N(C)Cc3ccc(F)cc3)CC2)cc1. The van der Waals surface area contributed by atoms with Crippen molar-refractivity contribution in [2.45, 2.75) is 18.4 Å². The lowest BCUT2D eigenvalue weighted by atomic mass is 10.2. The zero-order chi connectivity index (χ0) is 21.0. The van der Waals surface area contributed by atoms with Crippen LogP contribution in [0.5, 0.6) is 0 Å². The second kappa shape index (κ2) is 9.02. The molecule has 0 N–H and O–H groups in total. The Balaban J connectivity index is 1.51. The van der Waals surface area contributed by atoms with Gasteiger partial charge in [-0.25, -0.2) is 12.8 Å². The molecule has 1 amide bonds. The van der Waals surface area contributed by atoms with E-state index in [4.69, 9.17) is 0 Å². The summed E-state index contributed by atoms with van der Waals surface area (Å²) >= 11 is 0. The van der Waals surface area contributed by atoms with Gasteiger partial charge in [-0.3, -0.25) is 9.69 Å².